The van der Waals surface area contributed by atoms with Crippen LogP contribution in [0, 0.1) is 0 Å². The van der Waals surface area contributed by atoms with Crippen molar-refractivity contribution in [2.24, 2.45) is 0 Å². The average Bonchev–Trinajstić information content (AvgIpc) is 2.23. The molecule has 0 saturated heterocycles. The highest BCUT2D eigenvalue weighted by molar-refractivity contribution is 7.90. The fourth-order valence-corrected chi connectivity index (χ4v) is 1.91. The Labute approximate surface area is 100 Å². The Morgan fingerprint density at radius 1 is 1.53 bits per heavy atom. The molecule has 0 saturated carbocycles. The molecular formula is C10H15N3O3S. The molecule has 0 radical (unpaired) electrons. The van der Waals surface area contributed by atoms with E-state index in [2.05, 4.69) is 10.3 Å². The molecule has 17 heavy (non-hydrogen) atoms. The summed E-state index contributed by atoms with van der Waals surface area (Å²) in [6.45, 7) is 0.299. The van der Waals surface area contributed by atoms with Gasteiger partial charge in [-0.15, -0.1) is 0 Å². The Morgan fingerprint density at radius 2 is 2.24 bits per heavy atom. The maximum Gasteiger partial charge on any atom is 0.253 e. The number of carbonyl (C=O) groups excluding carboxylic acids is 1. The predicted molar refractivity (Wildman–Crippen MR) is 65.3 cm³/mol. The van der Waals surface area contributed by atoms with Gasteiger partial charge in [0.05, 0.1) is 23.2 Å². The minimum atomic E-state index is -2.98. The Kier molecular flexibility index (Phi) is 4.45. The molecule has 0 bridgehead atoms. The van der Waals surface area contributed by atoms with Crippen LogP contribution in [0.3, 0.4) is 0 Å². The number of carbonyl (C=O) groups is 1. The minimum absolute atomic E-state index is 0.0547. The van der Waals surface area contributed by atoms with Crippen LogP contribution in [0.15, 0.2) is 18.5 Å². The summed E-state index contributed by atoms with van der Waals surface area (Å²) in [5, 5.41) is 2.60. The van der Waals surface area contributed by atoms with Crippen molar-refractivity contribution < 1.29 is 13.2 Å². The fraction of sp³-hybridized carbons (Fsp3) is 0.400. The molecule has 1 rings (SSSR count). The van der Waals surface area contributed by atoms with E-state index in [1.807, 2.05) is 0 Å². The molecule has 94 valence electrons. The van der Waals surface area contributed by atoms with Crippen LogP contribution >= 0.6 is 0 Å². The first-order chi connectivity index (χ1) is 7.90. The van der Waals surface area contributed by atoms with E-state index in [4.69, 9.17) is 5.73 Å². The highest BCUT2D eigenvalue weighted by Crippen LogP contribution is 2.07. The molecule has 1 heterocycles. The third kappa shape index (κ3) is 4.81. The van der Waals surface area contributed by atoms with Gasteiger partial charge in [0.2, 0.25) is 0 Å². The number of nitrogens with two attached hydrogens (primary N) is 1. The molecule has 0 fully saturated rings. The van der Waals surface area contributed by atoms with E-state index >= 15 is 0 Å². The molecule has 0 aliphatic rings. The van der Waals surface area contributed by atoms with Crippen LogP contribution in [0.1, 0.15) is 16.8 Å². The van der Waals surface area contributed by atoms with Crippen molar-refractivity contribution in [1.82, 2.24) is 10.3 Å². The molecular weight excluding hydrogens is 242 g/mol. The zero-order valence-corrected chi connectivity index (χ0v) is 10.3. The normalized spacial score (nSPS) is 11.1. The number of pyridine rings is 1. The second kappa shape index (κ2) is 5.62. The van der Waals surface area contributed by atoms with Gasteiger partial charge in [0, 0.05) is 19.0 Å². The van der Waals surface area contributed by atoms with Crippen LogP contribution in [0.25, 0.3) is 0 Å². The topological polar surface area (TPSA) is 102 Å². The minimum Gasteiger partial charge on any atom is -0.397 e. The summed E-state index contributed by atoms with van der Waals surface area (Å²) in [7, 11) is -2.98. The third-order valence-corrected chi connectivity index (χ3v) is 3.10. The number of nitrogen functional groups attached to an aromatic ring is 1. The second-order valence-corrected chi connectivity index (χ2v) is 5.96. The predicted octanol–water partition coefficient (Wildman–Crippen LogP) is -0.172. The first kappa shape index (κ1) is 13.4. The molecule has 0 spiro atoms. The molecule has 0 aliphatic carbocycles. The van der Waals surface area contributed by atoms with Gasteiger partial charge in [-0.1, -0.05) is 0 Å². The lowest BCUT2D eigenvalue weighted by Gasteiger charge is -2.06. The van der Waals surface area contributed by atoms with Crippen molar-refractivity contribution in [3.63, 3.8) is 0 Å². The van der Waals surface area contributed by atoms with Crippen molar-refractivity contribution >= 4 is 21.4 Å². The lowest BCUT2D eigenvalue weighted by molar-refractivity contribution is 0.0954. The van der Waals surface area contributed by atoms with Crippen molar-refractivity contribution in [3.05, 3.63) is 24.0 Å². The molecule has 0 atom stereocenters. The van der Waals surface area contributed by atoms with Crippen LogP contribution in [0.2, 0.25) is 0 Å². The third-order valence-electron chi connectivity index (χ3n) is 2.07. The van der Waals surface area contributed by atoms with E-state index in [1.165, 1.54) is 18.5 Å². The largest absolute Gasteiger partial charge is 0.397 e. The van der Waals surface area contributed by atoms with E-state index in [0.717, 1.165) is 6.26 Å². The number of anilines is 1. The van der Waals surface area contributed by atoms with Crippen LogP contribution in [0.5, 0.6) is 0 Å². The number of nitrogens with one attached hydrogen (secondary N) is 1. The van der Waals surface area contributed by atoms with Gasteiger partial charge < -0.3 is 11.1 Å². The number of amides is 1. The van der Waals surface area contributed by atoms with E-state index in [0.29, 0.717) is 24.2 Å². The summed E-state index contributed by atoms with van der Waals surface area (Å²) >= 11 is 0. The lowest BCUT2D eigenvalue weighted by Crippen LogP contribution is -2.26. The number of hydrogen-bond donors (Lipinski definition) is 2. The van der Waals surface area contributed by atoms with Gasteiger partial charge in [0.25, 0.3) is 5.91 Å². The smallest absolute Gasteiger partial charge is 0.253 e. The first-order valence-corrected chi connectivity index (χ1v) is 7.11. The van der Waals surface area contributed by atoms with Gasteiger partial charge >= 0.3 is 0 Å². The summed E-state index contributed by atoms with van der Waals surface area (Å²) < 4.78 is 21.7. The van der Waals surface area contributed by atoms with Crippen LogP contribution < -0.4 is 11.1 Å². The molecule has 0 unspecified atom stereocenters. The van der Waals surface area contributed by atoms with Gasteiger partial charge in [-0.2, -0.15) is 0 Å². The van der Waals surface area contributed by atoms with Gasteiger partial charge in [-0.05, 0) is 12.5 Å². The SMILES string of the molecule is CS(=O)(=O)CCCNC(=O)c1ccncc1N. The van der Waals surface area contributed by atoms with Crippen molar-refractivity contribution in [2.75, 3.05) is 24.3 Å². The average molecular weight is 257 g/mol. The van der Waals surface area contributed by atoms with E-state index in [9.17, 15) is 13.2 Å². The molecule has 0 aromatic carbocycles. The second-order valence-electron chi connectivity index (χ2n) is 3.70. The lowest BCUT2D eigenvalue weighted by atomic mass is 10.2. The summed E-state index contributed by atoms with van der Waals surface area (Å²) in [6.07, 6.45) is 4.42. The molecule has 3 N–H and O–H groups in total. The van der Waals surface area contributed by atoms with Crippen molar-refractivity contribution in [1.29, 1.82) is 0 Å². The summed E-state index contributed by atoms with van der Waals surface area (Å²) in [4.78, 5) is 15.4. The number of aromatic nitrogens is 1. The molecule has 1 aromatic rings. The monoisotopic (exact) mass is 257 g/mol. The number of rotatable bonds is 5. The quantitative estimate of drug-likeness (QED) is 0.713. The Morgan fingerprint density at radius 3 is 2.82 bits per heavy atom. The summed E-state index contributed by atoms with van der Waals surface area (Å²) in [6, 6.07) is 1.52. The Balaban J connectivity index is 2.44. The van der Waals surface area contributed by atoms with Gasteiger partial charge in [0.15, 0.2) is 0 Å². The highest BCUT2D eigenvalue weighted by Gasteiger charge is 2.09. The van der Waals surface area contributed by atoms with E-state index < -0.39 is 9.84 Å². The fourth-order valence-electron chi connectivity index (χ4n) is 1.24. The zero-order valence-electron chi connectivity index (χ0n) is 9.51. The molecule has 1 amide bonds. The number of sulfone groups is 1. The maximum absolute atomic E-state index is 11.6. The zero-order chi connectivity index (χ0) is 12.9. The summed E-state index contributed by atoms with van der Waals surface area (Å²) in [5.41, 5.74) is 6.22. The maximum atomic E-state index is 11.6. The van der Waals surface area contributed by atoms with Crippen LogP contribution in [-0.4, -0.2) is 37.9 Å². The van der Waals surface area contributed by atoms with E-state index in [-0.39, 0.29) is 11.7 Å². The number of hydrogen-bond acceptors (Lipinski definition) is 5. The van der Waals surface area contributed by atoms with Crippen molar-refractivity contribution in [3.8, 4) is 0 Å². The Hall–Kier alpha value is -1.63. The first-order valence-electron chi connectivity index (χ1n) is 5.05. The molecule has 7 heteroatoms. The number of nitrogens with zero attached hydrogens (tertiary/aromatic N) is 1. The standard InChI is InChI=1S/C10H15N3O3S/c1-17(15,16)6-2-4-13-10(14)8-3-5-12-7-9(8)11/h3,5,7H,2,4,6,11H2,1H3,(H,13,14). The van der Waals surface area contributed by atoms with Gasteiger partial charge in [0.1, 0.15) is 9.84 Å². The molecule has 0 aliphatic heterocycles. The van der Waals surface area contributed by atoms with Gasteiger partial charge in [-0.3, -0.25) is 9.78 Å². The van der Waals surface area contributed by atoms with Crippen molar-refractivity contribution in [2.45, 2.75) is 6.42 Å². The van der Waals surface area contributed by atoms with Gasteiger partial charge in [-0.25, -0.2) is 8.42 Å². The molecule has 6 nitrogen and oxygen atoms in total. The molecule has 1 aromatic heterocycles. The Bertz CT molecular complexity index is 499. The van der Waals surface area contributed by atoms with Crippen LogP contribution in [0.4, 0.5) is 5.69 Å². The highest BCUT2D eigenvalue weighted by atomic mass is 32.2. The summed E-state index contributed by atoms with van der Waals surface area (Å²) in [5.74, 6) is -0.266. The van der Waals surface area contributed by atoms with Crippen LogP contribution in [-0.2, 0) is 9.84 Å². The van der Waals surface area contributed by atoms with E-state index in [1.54, 1.807) is 0 Å².